The number of amides is 1. The number of nitrogens with one attached hydrogen (secondary N) is 1. The molecule has 21 heavy (non-hydrogen) atoms. The highest BCUT2D eigenvalue weighted by molar-refractivity contribution is 6.18. The Kier molecular flexibility index (Phi) is 3.83. The second-order valence-corrected chi connectivity index (χ2v) is 4.88. The van der Waals surface area contributed by atoms with Crippen LogP contribution in [0, 0.1) is 0 Å². The van der Waals surface area contributed by atoms with Crippen LogP contribution in [0.1, 0.15) is 10.4 Å². The predicted octanol–water partition coefficient (Wildman–Crippen LogP) is 2.39. The molecule has 1 aromatic carbocycles. The van der Waals surface area contributed by atoms with Gasteiger partial charge >= 0.3 is 0 Å². The van der Waals surface area contributed by atoms with Crippen molar-refractivity contribution in [1.82, 2.24) is 20.1 Å². The lowest BCUT2D eigenvalue weighted by molar-refractivity contribution is 0.0956. The number of hydrogen-bond donors (Lipinski definition) is 1. The van der Waals surface area contributed by atoms with Crippen molar-refractivity contribution in [3.05, 3.63) is 54.5 Å². The van der Waals surface area contributed by atoms with E-state index in [0.29, 0.717) is 18.0 Å². The molecule has 106 valence electrons. The smallest absolute Gasteiger partial charge is 0.251 e. The van der Waals surface area contributed by atoms with Crippen LogP contribution in [-0.2, 0) is 0 Å². The molecule has 1 N–H and O–H groups in total. The molecule has 3 aromatic rings. The summed E-state index contributed by atoms with van der Waals surface area (Å²) in [6, 6.07) is 9.18. The van der Waals surface area contributed by atoms with Crippen molar-refractivity contribution in [3.8, 4) is 5.69 Å². The average molecular weight is 301 g/mol. The molecule has 6 heteroatoms. The van der Waals surface area contributed by atoms with Gasteiger partial charge in [-0.05, 0) is 30.3 Å². The summed E-state index contributed by atoms with van der Waals surface area (Å²) < 4.78 is 1.75. The minimum Gasteiger partial charge on any atom is -0.351 e. The summed E-state index contributed by atoms with van der Waals surface area (Å²) in [5.41, 5.74) is 2.30. The molecule has 0 radical (unpaired) electrons. The minimum atomic E-state index is -0.133. The number of carbonyl (C=O) groups is 1. The topological polar surface area (TPSA) is 59.8 Å². The lowest BCUT2D eigenvalue weighted by Gasteiger charge is -2.02. The number of carbonyl (C=O) groups excluding carboxylic acids is 1. The Hall–Kier alpha value is -2.40. The van der Waals surface area contributed by atoms with Gasteiger partial charge in [-0.15, -0.1) is 11.6 Å². The van der Waals surface area contributed by atoms with E-state index in [4.69, 9.17) is 11.6 Å². The van der Waals surface area contributed by atoms with Crippen molar-refractivity contribution in [1.29, 1.82) is 0 Å². The molecule has 0 aliphatic carbocycles. The Morgan fingerprint density at radius 3 is 3.00 bits per heavy atom. The summed E-state index contributed by atoms with van der Waals surface area (Å²) in [6.45, 7) is 0.452. The number of halogens is 1. The largest absolute Gasteiger partial charge is 0.351 e. The van der Waals surface area contributed by atoms with Gasteiger partial charge in [0.1, 0.15) is 0 Å². The second-order valence-electron chi connectivity index (χ2n) is 4.50. The van der Waals surface area contributed by atoms with Gasteiger partial charge in [0, 0.05) is 35.8 Å². The van der Waals surface area contributed by atoms with Gasteiger partial charge in [0.05, 0.1) is 17.4 Å². The van der Waals surface area contributed by atoms with Crippen LogP contribution in [0.2, 0.25) is 0 Å². The molecule has 1 amide bonds. The van der Waals surface area contributed by atoms with Crippen molar-refractivity contribution in [2.45, 2.75) is 0 Å². The molecule has 0 unspecified atom stereocenters. The summed E-state index contributed by atoms with van der Waals surface area (Å²) in [5, 5.41) is 8.11. The number of fused-ring (bicyclic) bond motifs is 1. The number of alkyl halides is 1. The van der Waals surface area contributed by atoms with E-state index in [9.17, 15) is 4.79 Å². The fraction of sp³-hybridized carbons (Fsp3) is 0.133. The lowest BCUT2D eigenvalue weighted by atomic mass is 10.1. The SMILES string of the molecule is O=C(NCCCl)c1ccc2nn(-c3cccnc3)cc2c1. The van der Waals surface area contributed by atoms with Crippen LogP contribution < -0.4 is 5.32 Å². The van der Waals surface area contributed by atoms with Crippen LogP contribution in [-0.4, -0.2) is 33.1 Å². The highest BCUT2D eigenvalue weighted by atomic mass is 35.5. The van der Waals surface area contributed by atoms with Crippen molar-refractivity contribution in [3.63, 3.8) is 0 Å². The van der Waals surface area contributed by atoms with Crippen molar-refractivity contribution in [2.24, 2.45) is 0 Å². The van der Waals surface area contributed by atoms with E-state index in [0.717, 1.165) is 16.6 Å². The quantitative estimate of drug-likeness (QED) is 0.753. The van der Waals surface area contributed by atoms with Crippen LogP contribution in [0.4, 0.5) is 0 Å². The second kappa shape index (κ2) is 5.93. The van der Waals surface area contributed by atoms with Gasteiger partial charge in [-0.3, -0.25) is 9.78 Å². The van der Waals surface area contributed by atoms with Gasteiger partial charge in [0.25, 0.3) is 5.91 Å². The maximum absolute atomic E-state index is 11.9. The fourth-order valence-corrected chi connectivity index (χ4v) is 2.15. The van der Waals surface area contributed by atoms with Gasteiger partial charge in [0.2, 0.25) is 0 Å². The Balaban J connectivity index is 1.94. The number of nitrogens with zero attached hydrogens (tertiary/aromatic N) is 3. The third-order valence-corrected chi connectivity index (χ3v) is 3.25. The zero-order valence-corrected chi connectivity index (χ0v) is 11.9. The number of hydrogen-bond acceptors (Lipinski definition) is 3. The van der Waals surface area contributed by atoms with E-state index in [1.807, 2.05) is 30.5 Å². The number of rotatable bonds is 4. The molecular weight excluding hydrogens is 288 g/mol. The van der Waals surface area contributed by atoms with Crippen LogP contribution in [0.15, 0.2) is 48.9 Å². The summed E-state index contributed by atoms with van der Waals surface area (Å²) in [7, 11) is 0. The van der Waals surface area contributed by atoms with E-state index in [-0.39, 0.29) is 5.91 Å². The first-order valence-corrected chi connectivity index (χ1v) is 7.05. The molecule has 0 aliphatic rings. The molecule has 0 atom stereocenters. The molecule has 0 saturated heterocycles. The molecular formula is C15H13ClN4O. The minimum absolute atomic E-state index is 0.133. The van der Waals surface area contributed by atoms with Crippen LogP contribution in [0.25, 0.3) is 16.6 Å². The number of benzene rings is 1. The van der Waals surface area contributed by atoms with E-state index in [1.54, 1.807) is 23.1 Å². The lowest BCUT2D eigenvalue weighted by Crippen LogP contribution is -2.25. The average Bonchev–Trinajstić information content (AvgIpc) is 2.96. The Morgan fingerprint density at radius 1 is 1.33 bits per heavy atom. The molecule has 0 bridgehead atoms. The van der Waals surface area contributed by atoms with Gasteiger partial charge in [0.15, 0.2) is 0 Å². The van der Waals surface area contributed by atoms with E-state index in [2.05, 4.69) is 15.4 Å². The van der Waals surface area contributed by atoms with Crippen LogP contribution in [0.3, 0.4) is 0 Å². The molecule has 0 spiro atoms. The molecule has 3 rings (SSSR count). The maximum Gasteiger partial charge on any atom is 0.251 e. The fourth-order valence-electron chi connectivity index (χ4n) is 2.05. The first-order valence-electron chi connectivity index (χ1n) is 6.52. The zero-order valence-electron chi connectivity index (χ0n) is 11.2. The normalized spacial score (nSPS) is 10.7. The molecule has 2 aromatic heterocycles. The molecule has 0 saturated carbocycles. The van der Waals surface area contributed by atoms with Gasteiger partial charge in [-0.1, -0.05) is 0 Å². The van der Waals surface area contributed by atoms with Crippen molar-refractivity contribution >= 4 is 28.4 Å². The zero-order chi connectivity index (χ0) is 14.7. The maximum atomic E-state index is 11.9. The van der Waals surface area contributed by atoms with E-state index in [1.165, 1.54) is 0 Å². The Morgan fingerprint density at radius 2 is 2.24 bits per heavy atom. The Bertz CT molecular complexity index is 770. The third kappa shape index (κ3) is 2.87. The molecule has 5 nitrogen and oxygen atoms in total. The highest BCUT2D eigenvalue weighted by Crippen LogP contribution is 2.17. The monoisotopic (exact) mass is 300 g/mol. The van der Waals surface area contributed by atoms with Crippen LogP contribution >= 0.6 is 11.6 Å². The first-order chi connectivity index (χ1) is 10.3. The number of aromatic nitrogens is 3. The summed E-state index contributed by atoms with van der Waals surface area (Å²) >= 11 is 5.57. The first kappa shape index (κ1) is 13.6. The summed E-state index contributed by atoms with van der Waals surface area (Å²) in [5.74, 6) is 0.263. The summed E-state index contributed by atoms with van der Waals surface area (Å²) in [4.78, 5) is 16.0. The Labute approximate surface area is 126 Å². The van der Waals surface area contributed by atoms with Gasteiger partial charge < -0.3 is 5.32 Å². The van der Waals surface area contributed by atoms with E-state index < -0.39 is 0 Å². The summed E-state index contributed by atoms with van der Waals surface area (Å²) in [6.07, 6.45) is 5.33. The molecule has 0 aliphatic heterocycles. The van der Waals surface area contributed by atoms with Crippen molar-refractivity contribution < 1.29 is 4.79 Å². The molecule has 2 heterocycles. The number of pyridine rings is 1. The standard InChI is InChI=1S/C15H13ClN4O/c16-5-7-18-15(21)11-3-4-14-12(8-11)10-20(19-14)13-2-1-6-17-9-13/h1-4,6,8-10H,5,7H2,(H,18,21). The molecule has 0 fully saturated rings. The van der Waals surface area contributed by atoms with Crippen molar-refractivity contribution in [2.75, 3.05) is 12.4 Å². The van der Waals surface area contributed by atoms with E-state index >= 15 is 0 Å². The van der Waals surface area contributed by atoms with Gasteiger partial charge in [-0.25, -0.2) is 4.68 Å². The predicted molar refractivity (Wildman–Crippen MR) is 81.9 cm³/mol. The van der Waals surface area contributed by atoms with Crippen LogP contribution in [0.5, 0.6) is 0 Å². The highest BCUT2D eigenvalue weighted by Gasteiger charge is 2.08. The third-order valence-electron chi connectivity index (χ3n) is 3.06. The van der Waals surface area contributed by atoms with Gasteiger partial charge in [-0.2, -0.15) is 5.10 Å².